The average Bonchev–Trinajstić information content (AvgIpc) is 2.34. The largest absolute Gasteiger partial charge is 0.480 e. The summed E-state index contributed by atoms with van der Waals surface area (Å²) in [6.07, 6.45) is 5.12. The van der Waals surface area contributed by atoms with Gasteiger partial charge in [-0.25, -0.2) is 0 Å². The van der Waals surface area contributed by atoms with Gasteiger partial charge >= 0.3 is 0 Å². The van der Waals surface area contributed by atoms with Gasteiger partial charge in [0.25, 0.3) is 5.91 Å². The van der Waals surface area contributed by atoms with E-state index in [1.54, 1.807) is 18.2 Å². The van der Waals surface area contributed by atoms with Crippen molar-refractivity contribution in [3.05, 3.63) is 24.3 Å². The van der Waals surface area contributed by atoms with Gasteiger partial charge in [-0.15, -0.1) is 6.42 Å². The number of ether oxygens (including phenoxy) is 2. The molecule has 0 aliphatic rings. The second-order valence-corrected chi connectivity index (χ2v) is 3.95. The molecule has 1 N–H and O–H groups in total. The molecule has 1 rings (SSSR count). The first-order valence-corrected chi connectivity index (χ1v) is 5.71. The molecule has 96 valence electrons. The summed E-state index contributed by atoms with van der Waals surface area (Å²) >= 11 is 0. The predicted molar refractivity (Wildman–Crippen MR) is 69.5 cm³/mol. The van der Waals surface area contributed by atoms with Crippen molar-refractivity contribution < 1.29 is 14.3 Å². The molecular weight excluding hydrogens is 230 g/mol. The summed E-state index contributed by atoms with van der Waals surface area (Å²) in [7, 11) is 0. The molecule has 4 nitrogen and oxygen atoms in total. The summed E-state index contributed by atoms with van der Waals surface area (Å²) in [5.74, 6) is 3.25. The molecule has 0 saturated carbocycles. The fraction of sp³-hybridized carbons (Fsp3) is 0.357. The second-order valence-electron chi connectivity index (χ2n) is 3.95. The SMILES string of the molecule is C#CCOc1ccccc1OCC(=O)NC(C)C. The maximum atomic E-state index is 11.4. The number of hydrogen-bond donors (Lipinski definition) is 1. The van der Waals surface area contributed by atoms with Crippen molar-refractivity contribution >= 4 is 5.91 Å². The highest BCUT2D eigenvalue weighted by Crippen LogP contribution is 2.26. The van der Waals surface area contributed by atoms with Crippen molar-refractivity contribution in [3.8, 4) is 23.8 Å². The molecular formula is C14H17NO3. The van der Waals surface area contributed by atoms with Crippen LogP contribution in [0.1, 0.15) is 13.8 Å². The van der Waals surface area contributed by atoms with Crippen LogP contribution in [0.25, 0.3) is 0 Å². The van der Waals surface area contributed by atoms with Crippen LogP contribution in [0.2, 0.25) is 0 Å². The lowest BCUT2D eigenvalue weighted by Gasteiger charge is -2.12. The van der Waals surface area contributed by atoms with Gasteiger partial charge in [0.1, 0.15) is 6.61 Å². The average molecular weight is 247 g/mol. The Labute approximate surface area is 107 Å². The molecule has 1 aromatic rings. The highest BCUT2D eigenvalue weighted by atomic mass is 16.5. The number of amides is 1. The van der Waals surface area contributed by atoms with Gasteiger partial charge in [-0.05, 0) is 26.0 Å². The van der Waals surface area contributed by atoms with E-state index in [0.717, 1.165) is 0 Å². The van der Waals surface area contributed by atoms with Crippen LogP contribution in [0.15, 0.2) is 24.3 Å². The van der Waals surface area contributed by atoms with E-state index in [-0.39, 0.29) is 25.2 Å². The maximum Gasteiger partial charge on any atom is 0.258 e. The Morgan fingerprint density at radius 2 is 1.94 bits per heavy atom. The monoisotopic (exact) mass is 247 g/mol. The second kappa shape index (κ2) is 7.23. The number of terminal acetylenes is 1. The van der Waals surface area contributed by atoms with E-state index in [1.807, 2.05) is 19.9 Å². The Morgan fingerprint density at radius 1 is 1.33 bits per heavy atom. The minimum Gasteiger partial charge on any atom is -0.480 e. The minimum absolute atomic E-state index is 0.0470. The molecule has 0 bridgehead atoms. The lowest BCUT2D eigenvalue weighted by Crippen LogP contribution is -2.34. The third-order valence-electron chi connectivity index (χ3n) is 1.97. The first-order valence-electron chi connectivity index (χ1n) is 5.71. The van der Waals surface area contributed by atoms with Gasteiger partial charge in [0.2, 0.25) is 0 Å². The third kappa shape index (κ3) is 4.79. The van der Waals surface area contributed by atoms with Crippen LogP contribution in [0.5, 0.6) is 11.5 Å². The van der Waals surface area contributed by atoms with E-state index < -0.39 is 0 Å². The topological polar surface area (TPSA) is 47.6 Å². The Morgan fingerprint density at radius 3 is 2.50 bits per heavy atom. The molecule has 18 heavy (non-hydrogen) atoms. The fourth-order valence-corrected chi connectivity index (χ4v) is 1.32. The van der Waals surface area contributed by atoms with Crippen molar-refractivity contribution in [3.63, 3.8) is 0 Å². The summed E-state index contributed by atoms with van der Waals surface area (Å²) in [5, 5.41) is 2.74. The molecule has 4 heteroatoms. The van der Waals surface area contributed by atoms with Crippen molar-refractivity contribution in [2.45, 2.75) is 19.9 Å². The zero-order valence-corrected chi connectivity index (χ0v) is 10.6. The molecule has 1 amide bonds. The molecule has 0 saturated heterocycles. The molecule has 0 aliphatic carbocycles. The van der Waals surface area contributed by atoms with Gasteiger partial charge in [-0.3, -0.25) is 4.79 Å². The Kier molecular flexibility index (Phi) is 5.59. The highest BCUT2D eigenvalue weighted by molar-refractivity contribution is 5.77. The quantitative estimate of drug-likeness (QED) is 0.777. The molecule has 0 fully saturated rings. The molecule has 0 atom stereocenters. The van der Waals surface area contributed by atoms with Gasteiger partial charge in [0, 0.05) is 6.04 Å². The van der Waals surface area contributed by atoms with Gasteiger partial charge in [-0.2, -0.15) is 0 Å². The van der Waals surface area contributed by atoms with Gasteiger partial charge in [-0.1, -0.05) is 18.1 Å². The van der Waals surface area contributed by atoms with Gasteiger partial charge in [0.05, 0.1) is 0 Å². The van der Waals surface area contributed by atoms with Crippen LogP contribution in [0, 0.1) is 12.3 Å². The van der Waals surface area contributed by atoms with Crippen LogP contribution < -0.4 is 14.8 Å². The maximum absolute atomic E-state index is 11.4. The third-order valence-corrected chi connectivity index (χ3v) is 1.97. The summed E-state index contributed by atoms with van der Waals surface area (Å²) in [4.78, 5) is 11.4. The van der Waals surface area contributed by atoms with E-state index in [4.69, 9.17) is 15.9 Å². The summed E-state index contributed by atoms with van der Waals surface area (Å²) in [5.41, 5.74) is 0. The smallest absolute Gasteiger partial charge is 0.258 e. The predicted octanol–water partition coefficient (Wildman–Crippen LogP) is 1.60. The molecule has 1 aromatic carbocycles. The Bertz CT molecular complexity index is 435. The standard InChI is InChI=1S/C14H17NO3/c1-4-9-17-12-7-5-6-8-13(12)18-10-14(16)15-11(2)3/h1,5-8,11H,9-10H2,2-3H3,(H,15,16). The molecule has 0 aromatic heterocycles. The van der Waals surface area contributed by atoms with Crippen LogP contribution >= 0.6 is 0 Å². The van der Waals surface area contributed by atoms with Crippen molar-refractivity contribution in [2.24, 2.45) is 0 Å². The lowest BCUT2D eigenvalue weighted by atomic mass is 10.3. The van der Waals surface area contributed by atoms with Crippen molar-refractivity contribution in [2.75, 3.05) is 13.2 Å². The summed E-state index contributed by atoms with van der Waals surface area (Å²) in [6.45, 7) is 3.90. The summed E-state index contributed by atoms with van der Waals surface area (Å²) in [6, 6.07) is 7.18. The first kappa shape index (κ1) is 13.9. The molecule has 0 aliphatic heterocycles. The molecule has 0 spiro atoms. The van der Waals surface area contributed by atoms with Gasteiger partial charge < -0.3 is 14.8 Å². The van der Waals surface area contributed by atoms with Crippen LogP contribution in [-0.2, 0) is 4.79 Å². The van der Waals surface area contributed by atoms with E-state index in [2.05, 4.69) is 11.2 Å². The van der Waals surface area contributed by atoms with Crippen molar-refractivity contribution in [1.29, 1.82) is 0 Å². The van der Waals surface area contributed by atoms with E-state index in [9.17, 15) is 4.79 Å². The lowest BCUT2D eigenvalue weighted by molar-refractivity contribution is -0.123. The number of rotatable bonds is 6. The zero-order valence-electron chi connectivity index (χ0n) is 10.6. The van der Waals surface area contributed by atoms with E-state index in [0.29, 0.717) is 11.5 Å². The van der Waals surface area contributed by atoms with Crippen LogP contribution in [-0.4, -0.2) is 25.2 Å². The number of carbonyl (C=O) groups excluding carboxylic acids is 1. The van der Waals surface area contributed by atoms with Crippen LogP contribution in [0.3, 0.4) is 0 Å². The number of carbonyl (C=O) groups is 1. The van der Waals surface area contributed by atoms with E-state index >= 15 is 0 Å². The molecule has 0 radical (unpaired) electrons. The van der Waals surface area contributed by atoms with Crippen molar-refractivity contribution in [1.82, 2.24) is 5.32 Å². The minimum atomic E-state index is -0.170. The number of benzene rings is 1. The molecule has 0 unspecified atom stereocenters. The number of nitrogens with one attached hydrogen (secondary N) is 1. The zero-order chi connectivity index (χ0) is 13.4. The number of para-hydroxylation sites is 2. The Hall–Kier alpha value is -2.15. The number of hydrogen-bond acceptors (Lipinski definition) is 3. The van der Waals surface area contributed by atoms with E-state index in [1.165, 1.54) is 0 Å². The summed E-state index contributed by atoms with van der Waals surface area (Å²) < 4.78 is 10.7. The van der Waals surface area contributed by atoms with Gasteiger partial charge in [0.15, 0.2) is 18.1 Å². The molecule has 0 heterocycles. The first-order chi connectivity index (χ1) is 8.63. The Balaban J connectivity index is 2.56. The normalized spacial score (nSPS) is 9.67. The van der Waals surface area contributed by atoms with Crippen LogP contribution in [0.4, 0.5) is 0 Å². The fourth-order valence-electron chi connectivity index (χ4n) is 1.32. The highest BCUT2D eigenvalue weighted by Gasteiger charge is 2.07.